The van der Waals surface area contributed by atoms with Crippen LogP contribution in [0.25, 0.3) is 6.08 Å². The van der Waals surface area contributed by atoms with E-state index in [9.17, 15) is 131 Å². The third-order valence-electron chi connectivity index (χ3n) is 15.5. The molecule has 0 saturated carbocycles. The summed E-state index contributed by atoms with van der Waals surface area (Å²) in [5, 5.41) is 51.3. The van der Waals surface area contributed by atoms with E-state index in [4.69, 9.17) is 11.5 Å². The van der Waals surface area contributed by atoms with Crippen LogP contribution in [0.4, 0.5) is 39.5 Å². The van der Waals surface area contributed by atoms with Crippen LogP contribution in [-0.4, -0.2) is 223 Å². The fourth-order valence-electron chi connectivity index (χ4n) is 9.90. The summed E-state index contributed by atoms with van der Waals surface area (Å²) in [5.74, 6) is -23.3. The second-order valence-electron chi connectivity index (χ2n) is 24.7. The first-order valence-corrected chi connectivity index (χ1v) is 34.7. The van der Waals surface area contributed by atoms with Gasteiger partial charge in [-0.1, -0.05) is 80.1 Å². The standard InChI is InChI=1S/C36H46F6N10O10.C31H40F3N9O9/c1-2-9-20(51-32(61)35(37,38)39)27(56)44-14-7-6-12-22-29(58)48-21(13-8-15-45-34(43)52-33(62)36(40,41)42)28(57)46-18-25(53)47-24(17-26(54)55)31(60)50-23(30(59)49-22)16-19-10-4-3-5-11-19;1-17(44)36-12-6-5-10-20-26(49)40-19(11-7-13-37-30(35)43-29(52)31(32,33)34)25(48)38-16-23(45)39-22(15-24(46)47)28(51)42-21(27(50)41-20)14-18-8-3-2-4-9-18/h3-5,10-11,16,20-22,24H,2,6-9,12-15,17-18H2,1H3,(H,44,56)(H,46,57)(H,47,53)(H,48,58)(H,49,59)(H,50,60)(H,51,61)(H,54,55)(H3,43,45,52,62);2-4,8-10,19,21-22H,5-7,11-16H2,1H3,(H,36,44)(H,38,48)(H,39,45)(H,40,49)(H,41,50)(H,42,51)(H,46,47)(H3,35,37,43,52)/b23-16-;20-10+/t20-,21-,22-,24-;19-,21+,22-/m00/s1. The highest BCUT2D eigenvalue weighted by Crippen LogP contribution is 2.18. The molecule has 7 atom stereocenters. The van der Waals surface area contributed by atoms with Crippen molar-refractivity contribution in [1.29, 1.82) is 0 Å². The van der Waals surface area contributed by atoms with Gasteiger partial charge in [0.25, 0.3) is 11.8 Å². The highest BCUT2D eigenvalue weighted by Gasteiger charge is 2.42. The molecule has 0 unspecified atom stereocenters. The predicted octanol–water partition coefficient (Wildman–Crippen LogP) is -2.91. The average Bonchev–Trinajstić information content (AvgIpc) is 0.988. The van der Waals surface area contributed by atoms with E-state index in [0.29, 0.717) is 17.5 Å². The number of carboxylic acids is 2. The van der Waals surface area contributed by atoms with Crippen LogP contribution in [0.1, 0.15) is 108 Å². The number of alkyl halides is 9. The van der Waals surface area contributed by atoms with E-state index in [1.807, 2.05) is 0 Å². The Kier molecular flexibility index (Phi) is 39.7. The molecule has 21 N–H and O–H groups in total. The van der Waals surface area contributed by atoms with Crippen LogP contribution in [0.5, 0.6) is 0 Å². The molecule has 15 amide bonds. The smallest absolute Gasteiger partial charge is 0.471 e. The van der Waals surface area contributed by atoms with E-state index in [-0.39, 0.29) is 102 Å². The number of carboxylic acid groups (broad SMARTS) is 2. The second-order valence-corrected chi connectivity index (χ2v) is 24.7. The summed E-state index contributed by atoms with van der Waals surface area (Å²) in [6.07, 6.45) is -15.7. The lowest BCUT2D eigenvalue weighted by atomic mass is 10.0. The molecule has 0 aromatic heterocycles. The summed E-state index contributed by atoms with van der Waals surface area (Å²) in [5.41, 5.74) is 10.7. The first kappa shape index (κ1) is 95.4. The van der Waals surface area contributed by atoms with Crippen LogP contribution in [0.15, 0.2) is 88.1 Å². The van der Waals surface area contributed by atoms with Gasteiger partial charge in [0.15, 0.2) is 11.9 Å². The number of amides is 15. The van der Waals surface area contributed by atoms with Crippen LogP contribution < -0.4 is 91.2 Å². The number of carbonyl (C=O) groups is 17. The summed E-state index contributed by atoms with van der Waals surface area (Å²) < 4.78 is 114. The zero-order chi connectivity index (χ0) is 85.5. The predicted molar refractivity (Wildman–Crippen MR) is 379 cm³/mol. The molecule has 2 aliphatic heterocycles. The SMILES string of the molecule is CC(=O)NCCC/C=C1/NC(=O)[C@@H](Cc2ccccc2)NC(=O)[C@H](CC(=O)O)NC(=O)CNC(=O)[C@H](CCCN=C(N)NC(=O)C(F)(F)F)NC1=O.CCC[C@H](NC(=O)C(F)(F)F)C(=O)NCCCC[C@@H]1NC(=O)/C(=C/c2ccccc2)NC(=O)[C@H](CC(=O)O)NC(=O)CNC(=O)[C@H](CCCN=C(N)NC(=O)C(F)(F)F)NC1=O. The number of unbranched alkanes of at least 4 members (excludes halogenated alkanes) is 2. The van der Waals surface area contributed by atoms with Gasteiger partial charge in [0.1, 0.15) is 53.7 Å². The molecule has 0 radical (unpaired) electrons. The van der Waals surface area contributed by atoms with Crippen LogP contribution in [0.3, 0.4) is 0 Å². The average molecular weight is 1630 g/mol. The van der Waals surface area contributed by atoms with Gasteiger partial charge >= 0.3 is 48.2 Å². The van der Waals surface area contributed by atoms with Crippen molar-refractivity contribution in [2.24, 2.45) is 21.5 Å². The topological polar surface area (TPSA) is 588 Å². The molecule has 626 valence electrons. The van der Waals surface area contributed by atoms with Gasteiger partial charge in [-0.2, -0.15) is 39.5 Å². The minimum Gasteiger partial charge on any atom is -0.481 e. The first-order valence-electron chi connectivity index (χ1n) is 34.7. The molecule has 2 fully saturated rings. The molecule has 0 spiro atoms. The molecule has 2 heterocycles. The van der Waals surface area contributed by atoms with Gasteiger partial charge in [-0.3, -0.25) is 102 Å². The van der Waals surface area contributed by atoms with Crippen LogP contribution in [0.2, 0.25) is 0 Å². The number of nitrogens with two attached hydrogens (primary N) is 2. The van der Waals surface area contributed by atoms with Gasteiger partial charge in [0, 0.05) is 39.5 Å². The van der Waals surface area contributed by atoms with Crippen molar-refractivity contribution < 1.29 is 131 Å². The fraction of sp³-hybridized carbons (Fsp3) is 0.478. The number of guanidine groups is 2. The lowest BCUT2D eigenvalue weighted by molar-refractivity contribution is -0.174. The Morgan fingerprint density at radius 2 is 0.947 bits per heavy atom. The number of aliphatic imine (C=N–C) groups is 2. The van der Waals surface area contributed by atoms with Crippen molar-refractivity contribution in [3.8, 4) is 0 Å². The van der Waals surface area contributed by atoms with Gasteiger partial charge in [0.05, 0.1) is 25.9 Å². The maximum atomic E-state index is 13.8. The van der Waals surface area contributed by atoms with Crippen LogP contribution in [0, 0.1) is 0 Å². The molecule has 2 saturated heterocycles. The number of hydrogen-bond donors (Lipinski definition) is 19. The van der Waals surface area contributed by atoms with Crippen molar-refractivity contribution in [2.45, 2.75) is 165 Å². The normalized spacial score (nSPS) is 19.9. The number of nitrogens with one attached hydrogen (secondary N) is 15. The van der Waals surface area contributed by atoms with Gasteiger partial charge in [0.2, 0.25) is 59.1 Å². The first-order chi connectivity index (χ1) is 53.5. The minimum absolute atomic E-state index is 0.00367. The zero-order valence-electron chi connectivity index (χ0n) is 60.9. The number of allylic oxidation sites excluding steroid dienone is 1. The number of rotatable bonds is 28. The quantitative estimate of drug-likeness (QED) is 0.0133. The third kappa shape index (κ3) is 37.3. The maximum absolute atomic E-state index is 13.8. The Hall–Kier alpha value is -12.8. The summed E-state index contributed by atoms with van der Waals surface area (Å²) in [7, 11) is 0. The van der Waals surface area contributed by atoms with E-state index in [0.717, 1.165) is 0 Å². The number of nitrogens with zero attached hydrogens (tertiary/aromatic N) is 2. The lowest BCUT2D eigenvalue weighted by Crippen LogP contribution is -2.55. The van der Waals surface area contributed by atoms with Crippen LogP contribution in [-0.2, 0) is 87.9 Å². The van der Waals surface area contributed by atoms with Gasteiger partial charge in [-0.25, -0.2) is 0 Å². The molecule has 0 aliphatic carbocycles. The monoisotopic (exact) mass is 1630 g/mol. The van der Waals surface area contributed by atoms with Gasteiger partial charge in [-0.15, -0.1) is 0 Å². The van der Waals surface area contributed by atoms with Crippen molar-refractivity contribution in [3.63, 3.8) is 0 Å². The molecule has 47 heteroatoms. The molecule has 4 rings (SSSR count). The number of carbonyl (C=O) groups excluding carboxylic acids is 15. The van der Waals surface area contributed by atoms with E-state index in [2.05, 4.69) is 73.8 Å². The third-order valence-corrected chi connectivity index (χ3v) is 15.5. The molecule has 0 bridgehead atoms. The maximum Gasteiger partial charge on any atom is 0.471 e. The molecule has 114 heavy (non-hydrogen) atoms. The highest BCUT2D eigenvalue weighted by atomic mass is 19.4. The number of hydrogen-bond acceptors (Lipinski definition) is 19. The minimum atomic E-state index is -5.27. The Labute approximate surface area is 642 Å². The number of halogens is 9. The van der Waals surface area contributed by atoms with Crippen molar-refractivity contribution in [2.75, 3.05) is 39.3 Å². The van der Waals surface area contributed by atoms with Crippen molar-refractivity contribution >= 4 is 119 Å². The zero-order valence-corrected chi connectivity index (χ0v) is 60.9. The molecule has 2 aromatic rings. The van der Waals surface area contributed by atoms with Gasteiger partial charge < -0.3 is 90.8 Å². The van der Waals surface area contributed by atoms with Gasteiger partial charge in [-0.05, 0) is 81.4 Å². The summed E-state index contributed by atoms with van der Waals surface area (Å²) >= 11 is 0. The highest BCUT2D eigenvalue weighted by molar-refractivity contribution is 6.06. The Balaban J connectivity index is 0.000000599. The lowest BCUT2D eigenvalue weighted by Gasteiger charge is -2.24. The van der Waals surface area contributed by atoms with E-state index >= 15 is 0 Å². The molecular formula is C67H86F9N19O19. The molecule has 2 aromatic carbocycles. The van der Waals surface area contributed by atoms with Crippen LogP contribution >= 0.6 is 0 Å². The summed E-state index contributed by atoms with van der Waals surface area (Å²) in [6.45, 7) is 0.562. The molecule has 38 nitrogen and oxygen atoms in total. The summed E-state index contributed by atoms with van der Waals surface area (Å²) in [4.78, 5) is 221. The van der Waals surface area contributed by atoms with Crippen molar-refractivity contribution in [3.05, 3.63) is 89.3 Å². The fourth-order valence-corrected chi connectivity index (χ4v) is 9.90. The Morgan fingerprint density at radius 3 is 1.44 bits per heavy atom. The molecule has 2 aliphatic rings. The Bertz CT molecular complexity index is 3900. The van der Waals surface area contributed by atoms with E-state index < -0.39 is 206 Å². The largest absolute Gasteiger partial charge is 0.481 e. The van der Waals surface area contributed by atoms with E-state index in [1.165, 1.54) is 41.8 Å². The van der Waals surface area contributed by atoms with Crippen molar-refractivity contribution in [1.82, 2.24) is 79.8 Å². The van der Waals surface area contributed by atoms with E-state index in [1.54, 1.807) is 60.8 Å². The molecular weight excluding hydrogens is 1550 g/mol. The second kappa shape index (κ2) is 47.4. The summed E-state index contributed by atoms with van der Waals surface area (Å²) in [6, 6.07) is 5.29. The number of aliphatic carboxylic acids is 2. The Morgan fingerprint density at radius 1 is 0.518 bits per heavy atom. The number of benzene rings is 2.